The number of rotatable bonds is 4. The SMILES string of the molecule is COc1ccc([C@@H]2C(C(=O)OC(C)C)=C(C)N=c3s/c(=C4\C(=O)Nc5ccccc54)c(=O)n32)cc1. The Morgan fingerprint density at radius 1 is 1.11 bits per heavy atom. The zero-order valence-electron chi connectivity index (χ0n) is 19.6. The molecule has 8 nitrogen and oxygen atoms in total. The summed E-state index contributed by atoms with van der Waals surface area (Å²) in [6, 6.07) is 13.6. The second-order valence-corrected chi connectivity index (χ2v) is 9.48. The summed E-state index contributed by atoms with van der Waals surface area (Å²) in [5.74, 6) is -0.230. The predicted octanol–water partition coefficient (Wildman–Crippen LogP) is 2.52. The highest BCUT2D eigenvalue weighted by molar-refractivity contribution is 7.07. The van der Waals surface area contributed by atoms with Gasteiger partial charge >= 0.3 is 5.97 Å². The van der Waals surface area contributed by atoms with E-state index in [2.05, 4.69) is 10.3 Å². The van der Waals surface area contributed by atoms with Crippen LogP contribution in [0.4, 0.5) is 5.69 Å². The number of aromatic nitrogens is 1. The van der Waals surface area contributed by atoms with Crippen molar-refractivity contribution in [2.24, 2.45) is 4.99 Å². The third-order valence-corrected chi connectivity index (χ3v) is 6.94. The topological polar surface area (TPSA) is 99.0 Å². The molecule has 1 amide bonds. The molecule has 0 unspecified atom stereocenters. The molecule has 2 aliphatic rings. The lowest BCUT2D eigenvalue weighted by atomic mass is 9.95. The fourth-order valence-corrected chi connectivity index (χ4v) is 5.50. The summed E-state index contributed by atoms with van der Waals surface area (Å²) < 4.78 is 12.6. The molecule has 1 aromatic heterocycles. The number of anilines is 1. The predicted molar refractivity (Wildman–Crippen MR) is 132 cm³/mol. The fourth-order valence-electron chi connectivity index (χ4n) is 4.35. The van der Waals surface area contributed by atoms with E-state index in [9.17, 15) is 14.4 Å². The van der Waals surface area contributed by atoms with Gasteiger partial charge in [0, 0.05) is 11.3 Å². The number of para-hydroxylation sites is 1. The number of allylic oxidation sites excluding steroid dienone is 1. The zero-order chi connectivity index (χ0) is 24.9. The average molecular weight is 490 g/mol. The van der Waals surface area contributed by atoms with Crippen LogP contribution in [-0.4, -0.2) is 29.7 Å². The summed E-state index contributed by atoms with van der Waals surface area (Å²) in [4.78, 5) is 44.9. The number of ether oxygens (including phenoxy) is 2. The molecule has 0 saturated carbocycles. The number of esters is 1. The number of methoxy groups -OCH3 is 1. The van der Waals surface area contributed by atoms with E-state index in [4.69, 9.17) is 9.47 Å². The molecule has 178 valence electrons. The van der Waals surface area contributed by atoms with Gasteiger partial charge in [-0.1, -0.05) is 41.7 Å². The van der Waals surface area contributed by atoms with Gasteiger partial charge in [-0.3, -0.25) is 14.2 Å². The minimum Gasteiger partial charge on any atom is -0.497 e. The van der Waals surface area contributed by atoms with Crippen molar-refractivity contribution in [3.05, 3.63) is 90.6 Å². The maximum atomic E-state index is 13.9. The highest BCUT2D eigenvalue weighted by Crippen LogP contribution is 2.33. The second-order valence-electron chi connectivity index (χ2n) is 8.50. The van der Waals surface area contributed by atoms with Crippen LogP contribution >= 0.6 is 11.3 Å². The second kappa shape index (κ2) is 8.66. The van der Waals surface area contributed by atoms with Crippen molar-refractivity contribution in [1.82, 2.24) is 4.57 Å². The lowest BCUT2D eigenvalue weighted by Gasteiger charge is -2.25. The Morgan fingerprint density at radius 2 is 1.83 bits per heavy atom. The smallest absolute Gasteiger partial charge is 0.338 e. The maximum Gasteiger partial charge on any atom is 0.338 e. The number of carbonyl (C=O) groups is 2. The first-order valence-corrected chi connectivity index (χ1v) is 11.9. The minimum atomic E-state index is -0.766. The minimum absolute atomic E-state index is 0.274. The molecular formula is C26H23N3O5S. The van der Waals surface area contributed by atoms with Crippen molar-refractivity contribution < 1.29 is 19.1 Å². The van der Waals surface area contributed by atoms with Crippen LogP contribution in [0, 0.1) is 0 Å². The summed E-state index contributed by atoms with van der Waals surface area (Å²) in [6.45, 7) is 5.26. The molecule has 1 N–H and O–H groups in total. The van der Waals surface area contributed by atoms with E-state index in [1.54, 1.807) is 52.1 Å². The van der Waals surface area contributed by atoms with Gasteiger partial charge in [-0.2, -0.15) is 0 Å². The first kappa shape index (κ1) is 22.8. The summed E-state index contributed by atoms with van der Waals surface area (Å²) in [6.07, 6.45) is -0.343. The Bertz CT molecular complexity index is 1580. The molecule has 0 fully saturated rings. The number of carbonyl (C=O) groups excluding carboxylic acids is 2. The van der Waals surface area contributed by atoms with E-state index >= 15 is 0 Å². The standard InChI is InChI=1S/C26H23N3O5S/c1-13(2)34-25(32)19-14(3)27-26-29(21(19)15-9-11-16(33-4)12-10-15)24(31)22(35-26)20-17-7-5-6-8-18(17)28-23(20)30/h5-13,21H,1-4H3,(H,28,30)/b22-20-/t21-/m1/s1. The number of benzene rings is 2. The van der Waals surface area contributed by atoms with Crippen LogP contribution in [0.3, 0.4) is 0 Å². The van der Waals surface area contributed by atoms with Crippen molar-refractivity contribution in [1.29, 1.82) is 0 Å². The number of thiazole rings is 1. The Kier molecular flexibility index (Phi) is 5.64. The first-order chi connectivity index (χ1) is 16.8. The van der Waals surface area contributed by atoms with E-state index in [0.717, 1.165) is 11.3 Å². The highest BCUT2D eigenvalue weighted by atomic mass is 32.1. The van der Waals surface area contributed by atoms with Crippen molar-refractivity contribution >= 4 is 34.5 Å². The fraction of sp³-hybridized carbons (Fsp3) is 0.231. The van der Waals surface area contributed by atoms with Gasteiger partial charge in [-0.15, -0.1) is 0 Å². The Labute approximate surface area is 204 Å². The van der Waals surface area contributed by atoms with Gasteiger partial charge < -0.3 is 14.8 Å². The molecule has 0 bridgehead atoms. The summed E-state index contributed by atoms with van der Waals surface area (Å²) in [5.41, 5.74) is 2.68. The van der Waals surface area contributed by atoms with Gasteiger partial charge in [0.25, 0.3) is 11.5 Å². The van der Waals surface area contributed by atoms with Crippen LogP contribution in [0.5, 0.6) is 5.75 Å². The monoisotopic (exact) mass is 489 g/mol. The van der Waals surface area contributed by atoms with E-state index < -0.39 is 17.6 Å². The zero-order valence-corrected chi connectivity index (χ0v) is 20.4. The molecular weight excluding hydrogens is 466 g/mol. The Balaban J connectivity index is 1.79. The Morgan fingerprint density at radius 3 is 2.51 bits per heavy atom. The number of nitrogens with one attached hydrogen (secondary N) is 1. The van der Waals surface area contributed by atoms with E-state index in [1.165, 1.54) is 4.57 Å². The molecule has 0 aliphatic carbocycles. The average Bonchev–Trinajstić information content (AvgIpc) is 3.32. The molecule has 5 rings (SSSR count). The van der Waals surface area contributed by atoms with Crippen LogP contribution in [0.2, 0.25) is 0 Å². The lowest BCUT2D eigenvalue weighted by Crippen LogP contribution is -2.40. The summed E-state index contributed by atoms with van der Waals surface area (Å²) in [7, 11) is 1.57. The molecule has 0 radical (unpaired) electrons. The third-order valence-electron chi connectivity index (χ3n) is 5.89. The van der Waals surface area contributed by atoms with Gasteiger partial charge in [0.15, 0.2) is 4.80 Å². The van der Waals surface area contributed by atoms with Crippen LogP contribution in [-0.2, 0) is 14.3 Å². The van der Waals surface area contributed by atoms with Crippen molar-refractivity contribution in [3.63, 3.8) is 0 Å². The summed E-state index contributed by atoms with van der Waals surface area (Å²) >= 11 is 1.14. The van der Waals surface area contributed by atoms with Gasteiger partial charge in [-0.05, 0) is 44.5 Å². The molecule has 3 heterocycles. The van der Waals surface area contributed by atoms with Gasteiger partial charge in [0.2, 0.25) is 0 Å². The third kappa shape index (κ3) is 3.77. The van der Waals surface area contributed by atoms with Crippen LogP contribution in [0.25, 0.3) is 5.57 Å². The largest absolute Gasteiger partial charge is 0.497 e. The molecule has 2 aromatic carbocycles. The summed E-state index contributed by atoms with van der Waals surface area (Å²) in [5, 5.41) is 2.82. The highest BCUT2D eigenvalue weighted by Gasteiger charge is 2.35. The van der Waals surface area contributed by atoms with E-state index in [1.807, 2.05) is 24.3 Å². The van der Waals surface area contributed by atoms with Gasteiger partial charge in [0.1, 0.15) is 10.3 Å². The molecule has 0 saturated heterocycles. The number of nitrogens with zero attached hydrogens (tertiary/aromatic N) is 2. The quantitative estimate of drug-likeness (QED) is 0.568. The number of fused-ring (bicyclic) bond motifs is 2. The van der Waals surface area contributed by atoms with Crippen molar-refractivity contribution in [2.45, 2.75) is 32.9 Å². The van der Waals surface area contributed by atoms with Crippen molar-refractivity contribution in [2.75, 3.05) is 12.4 Å². The first-order valence-electron chi connectivity index (χ1n) is 11.1. The number of amides is 1. The van der Waals surface area contributed by atoms with Crippen LogP contribution in [0.1, 0.15) is 37.9 Å². The maximum absolute atomic E-state index is 13.9. The number of hydrogen-bond acceptors (Lipinski definition) is 7. The molecule has 9 heteroatoms. The van der Waals surface area contributed by atoms with Crippen molar-refractivity contribution in [3.8, 4) is 5.75 Å². The van der Waals surface area contributed by atoms with Gasteiger partial charge in [-0.25, -0.2) is 9.79 Å². The normalized spacial score (nSPS) is 18.1. The molecule has 2 aliphatic heterocycles. The van der Waals surface area contributed by atoms with Crippen LogP contribution < -0.4 is 24.9 Å². The van der Waals surface area contributed by atoms with E-state index in [0.29, 0.717) is 38.6 Å². The van der Waals surface area contributed by atoms with E-state index in [-0.39, 0.29) is 22.1 Å². The Hall–Kier alpha value is -3.98. The molecule has 3 aromatic rings. The molecule has 0 spiro atoms. The molecule has 1 atom stereocenters. The van der Waals surface area contributed by atoms with Crippen LogP contribution in [0.15, 0.2) is 69.6 Å². The lowest BCUT2D eigenvalue weighted by molar-refractivity contribution is -0.143. The molecule has 35 heavy (non-hydrogen) atoms. The van der Waals surface area contributed by atoms with Gasteiger partial charge in [0.05, 0.1) is 36.1 Å². The number of hydrogen-bond donors (Lipinski definition) is 1.